The van der Waals surface area contributed by atoms with E-state index in [4.69, 9.17) is 4.74 Å². The van der Waals surface area contributed by atoms with Crippen molar-refractivity contribution in [3.05, 3.63) is 53.7 Å². The van der Waals surface area contributed by atoms with E-state index in [9.17, 15) is 0 Å². The molecule has 2 rings (SSSR count). The second-order valence-corrected chi connectivity index (χ2v) is 4.10. The lowest BCUT2D eigenvalue weighted by molar-refractivity contribution is 0.460. The van der Waals surface area contributed by atoms with Gasteiger partial charge in [-0.15, -0.1) is 0 Å². The Balaban J connectivity index is 2.09. The van der Waals surface area contributed by atoms with Crippen LogP contribution in [0.15, 0.2) is 42.5 Å². The van der Waals surface area contributed by atoms with Crippen LogP contribution in [-0.4, -0.2) is 12.0 Å². The molecule has 1 aromatic carbocycles. The minimum absolute atomic E-state index is 0.631. The summed E-state index contributed by atoms with van der Waals surface area (Å²) in [5.41, 5.74) is 2.28. The average Bonchev–Trinajstić information content (AvgIpc) is 2.40. The molecule has 2 aromatic rings. The maximum Gasteiger partial charge on any atom is 0.219 e. The van der Waals surface area contributed by atoms with Gasteiger partial charge in [-0.3, -0.25) is 0 Å². The first-order valence-electron chi connectivity index (χ1n) is 6.19. The highest BCUT2D eigenvalue weighted by Gasteiger charge is 2.00. The summed E-state index contributed by atoms with van der Waals surface area (Å²) in [6, 6.07) is 13.9. The number of benzene rings is 1. The summed E-state index contributed by atoms with van der Waals surface area (Å²) in [4.78, 5) is 4.42. The largest absolute Gasteiger partial charge is 0.439 e. The van der Waals surface area contributed by atoms with Crippen LogP contribution in [0.4, 0.5) is 0 Å². The highest BCUT2D eigenvalue weighted by Crippen LogP contribution is 2.20. The molecule has 0 aliphatic rings. The fraction of sp³-hybridized carbons (Fsp3) is 0.267. The van der Waals surface area contributed by atoms with Crippen molar-refractivity contribution in [1.29, 1.82) is 0 Å². The van der Waals surface area contributed by atoms with Gasteiger partial charge in [-0.05, 0) is 37.2 Å². The highest BCUT2D eigenvalue weighted by atomic mass is 16.5. The van der Waals surface area contributed by atoms with Gasteiger partial charge in [-0.2, -0.15) is 0 Å². The molecule has 0 amide bonds. The van der Waals surface area contributed by atoms with E-state index in [1.54, 1.807) is 0 Å². The summed E-state index contributed by atoms with van der Waals surface area (Å²) in [6.45, 7) is 2.88. The molecular formula is C15H18N2O. The fourth-order valence-electron chi connectivity index (χ4n) is 1.71. The Kier molecular flexibility index (Phi) is 4.31. The van der Waals surface area contributed by atoms with Gasteiger partial charge in [0.25, 0.3) is 0 Å². The Bertz CT molecular complexity index is 494. The second-order valence-electron chi connectivity index (χ2n) is 4.10. The molecule has 18 heavy (non-hydrogen) atoms. The van der Waals surface area contributed by atoms with Crippen LogP contribution in [-0.2, 0) is 13.0 Å². The summed E-state index contributed by atoms with van der Waals surface area (Å²) >= 11 is 0. The van der Waals surface area contributed by atoms with Crippen molar-refractivity contribution >= 4 is 0 Å². The summed E-state index contributed by atoms with van der Waals surface area (Å²) in [7, 11) is 1.90. The predicted molar refractivity (Wildman–Crippen MR) is 72.9 cm³/mol. The number of nitrogens with zero attached hydrogens (tertiary/aromatic N) is 1. The summed E-state index contributed by atoms with van der Waals surface area (Å²) in [5.74, 6) is 1.45. The summed E-state index contributed by atoms with van der Waals surface area (Å²) < 4.78 is 5.73. The number of hydrogen-bond donors (Lipinski definition) is 1. The molecule has 1 N–H and O–H groups in total. The Morgan fingerprint density at radius 2 is 1.89 bits per heavy atom. The first-order valence-corrected chi connectivity index (χ1v) is 6.19. The summed E-state index contributed by atoms with van der Waals surface area (Å²) in [6.07, 6.45) is 1.04. The lowest BCUT2D eigenvalue weighted by Crippen LogP contribution is -2.06. The third-order valence-electron chi connectivity index (χ3n) is 2.69. The first-order chi connectivity index (χ1) is 8.81. The van der Waals surface area contributed by atoms with E-state index in [0.717, 1.165) is 24.4 Å². The van der Waals surface area contributed by atoms with Crippen molar-refractivity contribution in [3.8, 4) is 11.6 Å². The normalized spacial score (nSPS) is 10.3. The number of ether oxygens (including phenoxy) is 1. The van der Waals surface area contributed by atoms with Gasteiger partial charge in [0, 0.05) is 12.6 Å². The highest BCUT2D eigenvalue weighted by molar-refractivity contribution is 5.30. The standard InChI is InChI=1S/C15H18N2O/c1-3-12-7-9-14(10-8-12)18-15-6-4-5-13(17-15)11-16-2/h4-10,16H,3,11H2,1-2H3. The third-order valence-corrected chi connectivity index (χ3v) is 2.69. The van der Waals surface area contributed by atoms with Crippen LogP contribution in [0.5, 0.6) is 11.6 Å². The molecule has 3 heteroatoms. The maximum absolute atomic E-state index is 5.73. The molecular weight excluding hydrogens is 224 g/mol. The van der Waals surface area contributed by atoms with Gasteiger partial charge in [-0.1, -0.05) is 25.1 Å². The zero-order valence-corrected chi connectivity index (χ0v) is 10.8. The van der Waals surface area contributed by atoms with Crippen molar-refractivity contribution in [3.63, 3.8) is 0 Å². The van der Waals surface area contributed by atoms with Gasteiger partial charge >= 0.3 is 0 Å². The molecule has 0 saturated carbocycles. The van der Waals surface area contributed by atoms with Gasteiger partial charge < -0.3 is 10.1 Å². The average molecular weight is 242 g/mol. The quantitative estimate of drug-likeness (QED) is 0.874. The number of aryl methyl sites for hydroxylation is 1. The molecule has 3 nitrogen and oxygen atoms in total. The predicted octanol–water partition coefficient (Wildman–Crippen LogP) is 3.16. The Morgan fingerprint density at radius 3 is 2.56 bits per heavy atom. The molecule has 0 unspecified atom stereocenters. The second kappa shape index (κ2) is 6.17. The lowest BCUT2D eigenvalue weighted by Gasteiger charge is -2.07. The minimum atomic E-state index is 0.631. The topological polar surface area (TPSA) is 34.1 Å². The molecule has 1 heterocycles. The van der Waals surface area contributed by atoms with Crippen LogP contribution in [0.2, 0.25) is 0 Å². The van der Waals surface area contributed by atoms with Crippen LogP contribution in [0.25, 0.3) is 0 Å². The molecule has 0 saturated heterocycles. The number of rotatable bonds is 5. The van der Waals surface area contributed by atoms with Gasteiger partial charge in [0.2, 0.25) is 5.88 Å². The molecule has 0 aliphatic carbocycles. The van der Waals surface area contributed by atoms with E-state index in [1.165, 1.54) is 5.56 Å². The first kappa shape index (κ1) is 12.6. The third kappa shape index (κ3) is 3.31. The van der Waals surface area contributed by atoms with E-state index in [2.05, 4.69) is 29.4 Å². The smallest absolute Gasteiger partial charge is 0.219 e. The molecule has 0 radical (unpaired) electrons. The lowest BCUT2D eigenvalue weighted by atomic mass is 10.2. The molecule has 0 spiro atoms. The van der Waals surface area contributed by atoms with E-state index < -0.39 is 0 Å². The molecule has 0 fully saturated rings. The van der Waals surface area contributed by atoms with E-state index in [-0.39, 0.29) is 0 Å². The fourth-order valence-corrected chi connectivity index (χ4v) is 1.71. The molecule has 1 aromatic heterocycles. The Morgan fingerprint density at radius 1 is 1.11 bits per heavy atom. The monoisotopic (exact) mass is 242 g/mol. The summed E-state index contributed by atoms with van der Waals surface area (Å²) in [5, 5.41) is 3.07. The SMILES string of the molecule is CCc1ccc(Oc2cccc(CNC)n2)cc1. The van der Waals surface area contributed by atoms with Crippen LogP contribution in [0, 0.1) is 0 Å². The number of aromatic nitrogens is 1. The Labute approximate surface area is 108 Å². The number of nitrogens with one attached hydrogen (secondary N) is 1. The van der Waals surface area contributed by atoms with Crippen molar-refractivity contribution in [2.75, 3.05) is 7.05 Å². The van der Waals surface area contributed by atoms with E-state index >= 15 is 0 Å². The molecule has 94 valence electrons. The minimum Gasteiger partial charge on any atom is -0.439 e. The van der Waals surface area contributed by atoms with Crippen LogP contribution >= 0.6 is 0 Å². The van der Waals surface area contributed by atoms with Crippen molar-refractivity contribution in [2.24, 2.45) is 0 Å². The maximum atomic E-state index is 5.73. The van der Waals surface area contributed by atoms with Crippen molar-refractivity contribution in [1.82, 2.24) is 10.3 Å². The van der Waals surface area contributed by atoms with Crippen LogP contribution < -0.4 is 10.1 Å². The van der Waals surface area contributed by atoms with Gasteiger partial charge in [0.05, 0.1) is 5.69 Å². The van der Waals surface area contributed by atoms with E-state index in [0.29, 0.717) is 5.88 Å². The molecule has 0 aliphatic heterocycles. The number of pyridine rings is 1. The number of hydrogen-bond acceptors (Lipinski definition) is 3. The van der Waals surface area contributed by atoms with Crippen LogP contribution in [0.1, 0.15) is 18.2 Å². The van der Waals surface area contributed by atoms with Gasteiger partial charge in [-0.25, -0.2) is 4.98 Å². The van der Waals surface area contributed by atoms with Gasteiger partial charge in [0.1, 0.15) is 5.75 Å². The van der Waals surface area contributed by atoms with Crippen LogP contribution in [0.3, 0.4) is 0 Å². The molecule has 0 atom stereocenters. The van der Waals surface area contributed by atoms with Crippen molar-refractivity contribution in [2.45, 2.75) is 19.9 Å². The van der Waals surface area contributed by atoms with E-state index in [1.807, 2.05) is 37.4 Å². The zero-order valence-electron chi connectivity index (χ0n) is 10.8. The molecule has 0 bridgehead atoms. The Hall–Kier alpha value is -1.87. The van der Waals surface area contributed by atoms with Gasteiger partial charge in [0.15, 0.2) is 0 Å². The van der Waals surface area contributed by atoms with Crippen molar-refractivity contribution < 1.29 is 4.74 Å². The zero-order chi connectivity index (χ0) is 12.8.